The highest BCUT2D eigenvalue weighted by Gasteiger charge is 2.17. The number of aromatic nitrogens is 2. The maximum absolute atomic E-state index is 11.9. The van der Waals surface area contributed by atoms with Gasteiger partial charge in [0, 0.05) is 32.0 Å². The number of carbonyl (C=O) groups is 1. The van der Waals surface area contributed by atoms with Crippen LogP contribution in [0.25, 0.3) is 0 Å². The van der Waals surface area contributed by atoms with Crippen molar-refractivity contribution in [2.75, 3.05) is 13.1 Å². The van der Waals surface area contributed by atoms with Gasteiger partial charge < -0.3 is 15.6 Å². The average molecular weight is 266 g/mol. The summed E-state index contributed by atoms with van der Waals surface area (Å²) in [5.41, 5.74) is 5.65. The first kappa shape index (κ1) is 15.7. The number of imidazole rings is 1. The van der Waals surface area contributed by atoms with Gasteiger partial charge in [0.05, 0.1) is 12.2 Å². The van der Waals surface area contributed by atoms with E-state index in [1.807, 2.05) is 17.1 Å². The van der Waals surface area contributed by atoms with E-state index in [0.717, 1.165) is 32.4 Å². The highest BCUT2D eigenvalue weighted by Crippen LogP contribution is 2.10. The Morgan fingerprint density at radius 1 is 1.42 bits per heavy atom. The second-order valence-corrected chi connectivity index (χ2v) is 5.36. The molecule has 1 atom stereocenters. The molecule has 0 bridgehead atoms. The Morgan fingerprint density at radius 2 is 2.21 bits per heavy atom. The van der Waals surface area contributed by atoms with Crippen molar-refractivity contribution in [2.24, 2.45) is 17.6 Å². The van der Waals surface area contributed by atoms with Gasteiger partial charge in [-0.2, -0.15) is 0 Å². The van der Waals surface area contributed by atoms with Crippen molar-refractivity contribution in [1.29, 1.82) is 0 Å². The zero-order valence-electron chi connectivity index (χ0n) is 12.0. The largest absolute Gasteiger partial charge is 0.356 e. The van der Waals surface area contributed by atoms with Gasteiger partial charge in [0.2, 0.25) is 5.91 Å². The van der Waals surface area contributed by atoms with E-state index >= 15 is 0 Å². The standard InChI is InChI=1S/C14H26N4O/c1-12(2)9-13(10-15)14(19)17-5-3-4-7-18-8-6-16-11-18/h6,8,11-13H,3-5,7,9-10,15H2,1-2H3,(H,17,19). The summed E-state index contributed by atoms with van der Waals surface area (Å²) in [5.74, 6) is 0.549. The first-order chi connectivity index (χ1) is 9.13. The van der Waals surface area contributed by atoms with Crippen LogP contribution in [0.15, 0.2) is 18.7 Å². The summed E-state index contributed by atoms with van der Waals surface area (Å²) in [6, 6.07) is 0. The lowest BCUT2D eigenvalue weighted by Crippen LogP contribution is -2.36. The Morgan fingerprint density at radius 3 is 2.79 bits per heavy atom. The smallest absolute Gasteiger partial charge is 0.224 e. The molecule has 0 saturated carbocycles. The van der Waals surface area contributed by atoms with E-state index in [-0.39, 0.29) is 11.8 Å². The van der Waals surface area contributed by atoms with Crippen molar-refractivity contribution in [2.45, 2.75) is 39.7 Å². The van der Waals surface area contributed by atoms with Crippen molar-refractivity contribution < 1.29 is 4.79 Å². The van der Waals surface area contributed by atoms with Crippen LogP contribution in [0.1, 0.15) is 33.1 Å². The van der Waals surface area contributed by atoms with E-state index in [9.17, 15) is 4.79 Å². The van der Waals surface area contributed by atoms with Crippen molar-refractivity contribution >= 4 is 5.91 Å². The number of unbranched alkanes of at least 4 members (excludes halogenated alkanes) is 1. The lowest BCUT2D eigenvalue weighted by atomic mass is 9.96. The zero-order chi connectivity index (χ0) is 14.1. The fraction of sp³-hybridized carbons (Fsp3) is 0.714. The van der Waals surface area contributed by atoms with Crippen LogP contribution < -0.4 is 11.1 Å². The molecule has 19 heavy (non-hydrogen) atoms. The number of nitrogens with zero attached hydrogens (tertiary/aromatic N) is 2. The summed E-state index contributed by atoms with van der Waals surface area (Å²) in [6.45, 7) is 6.32. The van der Waals surface area contributed by atoms with E-state index in [1.165, 1.54) is 0 Å². The molecular formula is C14H26N4O. The summed E-state index contributed by atoms with van der Waals surface area (Å²) in [7, 11) is 0. The van der Waals surface area contributed by atoms with Gasteiger partial charge in [-0.15, -0.1) is 0 Å². The van der Waals surface area contributed by atoms with Gasteiger partial charge in [-0.05, 0) is 25.2 Å². The molecule has 0 aromatic carbocycles. The highest BCUT2D eigenvalue weighted by atomic mass is 16.1. The van der Waals surface area contributed by atoms with Gasteiger partial charge in [-0.3, -0.25) is 4.79 Å². The van der Waals surface area contributed by atoms with Crippen LogP contribution in [-0.2, 0) is 11.3 Å². The summed E-state index contributed by atoms with van der Waals surface area (Å²) >= 11 is 0. The third kappa shape index (κ3) is 6.38. The molecule has 5 nitrogen and oxygen atoms in total. The van der Waals surface area contributed by atoms with Crippen LogP contribution in [0.2, 0.25) is 0 Å². The van der Waals surface area contributed by atoms with Crippen molar-refractivity contribution in [3.63, 3.8) is 0 Å². The SMILES string of the molecule is CC(C)CC(CN)C(=O)NCCCCn1ccnc1. The third-order valence-electron chi connectivity index (χ3n) is 3.11. The minimum Gasteiger partial charge on any atom is -0.356 e. The maximum Gasteiger partial charge on any atom is 0.224 e. The molecule has 0 saturated heterocycles. The summed E-state index contributed by atoms with van der Waals surface area (Å²) < 4.78 is 2.04. The molecule has 0 fully saturated rings. The maximum atomic E-state index is 11.9. The van der Waals surface area contributed by atoms with Crippen molar-refractivity contribution in [3.8, 4) is 0 Å². The van der Waals surface area contributed by atoms with E-state index in [2.05, 4.69) is 24.1 Å². The van der Waals surface area contributed by atoms with Crippen LogP contribution in [0.5, 0.6) is 0 Å². The Hall–Kier alpha value is -1.36. The third-order valence-corrected chi connectivity index (χ3v) is 3.11. The molecule has 1 heterocycles. The molecule has 1 aromatic rings. The molecule has 1 unspecified atom stereocenters. The molecule has 0 radical (unpaired) electrons. The Labute approximate surface area is 115 Å². The van der Waals surface area contributed by atoms with E-state index < -0.39 is 0 Å². The van der Waals surface area contributed by atoms with Crippen molar-refractivity contribution in [3.05, 3.63) is 18.7 Å². The number of hydrogen-bond donors (Lipinski definition) is 2. The summed E-state index contributed by atoms with van der Waals surface area (Å²) in [6.07, 6.45) is 8.41. The summed E-state index contributed by atoms with van der Waals surface area (Å²) in [4.78, 5) is 15.9. The number of rotatable bonds is 9. The highest BCUT2D eigenvalue weighted by molar-refractivity contribution is 5.78. The molecule has 5 heteroatoms. The number of nitrogens with two attached hydrogens (primary N) is 1. The normalized spacial score (nSPS) is 12.6. The number of nitrogens with one attached hydrogen (secondary N) is 1. The quantitative estimate of drug-likeness (QED) is 0.664. The Balaban J connectivity index is 2.12. The van der Waals surface area contributed by atoms with Crippen LogP contribution in [0, 0.1) is 11.8 Å². The minimum atomic E-state index is -0.0475. The van der Waals surface area contributed by atoms with Gasteiger partial charge in [0.15, 0.2) is 0 Å². The first-order valence-electron chi connectivity index (χ1n) is 7.07. The molecule has 1 amide bonds. The monoisotopic (exact) mass is 266 g/mol. The van der Waals surface area contributed by atoms with Gasteiger partial charge in [-0.1, -0.05) is 13.8 Å². The number of aryl methyl sites for hydroxylation is 1. The zero-order valence-corrected chi connectivity index (χ0v) is 12.0. The van der Waals surface area contributed by atoms with Gasteiger partial charge in [0.25, 0.3) is 0 Å². The Bertz CT molecular complexity index is 348. The fourth-order valence-electron chi connectivity index (χ4n) is 2.07. The number of amides is 1. The van der Waals surface area contributed by atoms with Crippen molar-refractivity contribution in [1.82, 2.24) is 14.9 Å². The average Bonchev–Trinajstić information content (AvgIpc) is 2.88. The van der Waals surface area contributed by atoms with Crippen LogP contribution in [-0.4, -0.2) is 28.5 Å². The molecule has 0 aliphatic carbocycles. The van der Waals surface area contributed by atoms with Crippen LogP contribution in [0.3, 0.4) is 0 Å². The lowest BCUT2D eigenvalue weighted by Gasteiger charge is -2.16. The second kappa shape index (κ2) is 8.69. The number of hydrogen-bond acceptors (Lipinski definition) is 3. The van der Waals surface area contributed by atoms with Crippen LogP contribution >= 0.6 is 0 Å². The summed E-state index contributed by atoms with van der Waals surface area (Å²) in [5, 5.41) is 2.98. The molecule has 3 N–H and O–H groups in total. The van der Waals surface area contributed by atoms with Crippen LogP contribution in [0.4, 0.5) is 0 Å². The second-order valence-electron chi connectivity index (χ2n) is 5.36. The lowest BCUT2D eigenvalue weighted by molar-refractivity contribution is -0.125. The van der Waals surface area contributed by atoms with Gasteiger partial charge in [0.1, 0.15) is 0 Å². The predicted octanol–water partition coefficient (Wildman–Crippen LogP) is 1.40. The molecule has 0 aliphatic heterocycles. The van der Waals surface area contributed by atoms with E-state index in [0.29, 0.717) is 12.5 Å². The Kier molecular flexibility index (Phi) is 7.18. The molecular weight excluding hydrogens is 240 g/mol. The first-order valence-corrected chi connectivity index (χ1v) is 7.07. The van der Waals surface area contributed by atoms with Gasteiger partial charge >= 0.3 is 0 Å². The molecule has 1 rings (SSSR count). The molecule has 0 spiro atoms. The van der Waals surface area contributed by atoms with E-state index in [4.69, 9.17) is 5.73 Å². The number of carbonyl (C=O) groups excluding carboxylic acids is 1. The molecule has 108 valence electrons. The fourth-order valence-corrected chi connectivity index (χ4v) is 2.07. The molecule has 0 aliphatic rings. The molecule has 1 aromatic heterocycles. The topological polar surface area (TPSA) is 72.9 Å². The minimum absolute atomic E-state index is 0.0475. The van der Waals surface area contributed by atoms with Gasteiger partial charge in [-0.25, -0.2) is 4.98 Å². The van der Waals surface area contributed by atoms with E-state index in [1.54, 1.807) is 6.20 Å². The predicted molar refractivity (Wildman–Crippen MR) is 76.5 cm³/mol.